The Kier molecular flexibility index (Phi) is 3.09. The molecule has 2 aliphatic heterocycles. The summed E-state index contributed by atoms with van der Waals surface area (Å²) in [5.74, 6) is 0. The van der Waals surface area contributed by atoms with Gasteiger partial charge in [-0.2, -0.15) is 4.57 Å². The summed E-state index contributed by atoms with van der Waals surface area (Å²) >= 11 is 0. The van der Waals surface area contributed by atoms with Crippen LogP contribution in [-0.4, -0.2) is 0 Å². The van der Waals surface area contributed by atoms with Gasteiger partial charge in [0.05, 0.1) is 22.2 Å². The lowest BCUT2D eigenvalue weighted by atomic mass is 9.89. The monoisotopic (exact) mass is 383 g/mol. The molecule has 3 heterocycles. The van der Waals surface area contributed by atoms with Crippen molar-refractivity contribution < 1.29 is 4.57 Å². The first-order valence-electron chi connectivity index (χ1n) is 10.4. The van der Waals surface area contributed by atoms with Crippen LogP contribution in [0.25, 0.3) is 44.6 Å². The molecule has 0 fully saturated rings. The van der Waals surface area contributed by atoms with Gasteiger partial charge >= 0.3 is 0 Å². The third-order valence-corrected chi connectivity index (χ3v) is 6.51. The summed E-state index contributed by atoms with van der Waals surface area (Å²) in [4.78, 5) is 2.46. The zero-order valence-corrected chi connectivity index (χ0v) is 16.4. The Labute approximate surface area is 174 Å². The minimum atomic E-state index is 0.803. The van der Waals surface area contributed by atoms with Crippen molar-refractivity contribution in [1.29, 1.82) is 0 Å². The third-order valence-electron chi connectivity index (χ3n) is 6.51. The molecule has 7 rings (SSSR count). The molecule has 2 nitrogen and oxygen atoms in total. The second-order valence-electron chi connectivity index (χ2n) is 8.04. The number of pyridine rings is 1. The van der Waals surface area contributed by atoms with Crippen LogP contribution in [0.3, 0.4) is 0 Å². The quantitative estimate of drug-likeness (QED) is 0.227. The molecule has 0 spiro atoms. The molecule has 1 aromatic heterocycles. The van der Waals surface area contributed by atoms with Crippen LogP contribution in [0, 0.1) is 0 Å². The van der Waals surface area contributed by atoms with Gasteiger partial charge in [-0.05, 0) is 23.8 Å². The average Bonchev–Trinajstić information content (AvgIpc) is 2.83. The van der Waals surface area contributed by atoms with E-state index in [0.29, 0.717) is 0 Å². The number of hydrogen-bond acceptors (Lipinski definition) is 1. The number of para-hydroxylation sites is 2. The molecule has 0 radical (unpaired) electrons. The number of rotatable bonds is 0. The first kappa shape index (κ1) is 15.9. The highest BCUT2D eigenvalue weighted by atomic mass is 15.3. The SMILES string of the molecule is C1=C2c3ccccc3-c3ccccc3N2C[n+]2c1c1ccccc1c1ccccc12. The fraction of sp³-hybridized carbons (Fsp3) is 0.0357. The van der Waals surface area contributed by atoms with E-state index in [1.54, 1.807) is 0 Å². The Morgan fingerprint density at radius 1 is 0.567 bits per heavy atom. The van der Waals surface area contributed by atoms with E-state index < -0.39 is 0 Å². The number of benzene rings is 4. The minimum Gasteiger partial charge on any atom is -0.284 e. The van der Waals surface area contributed by atoms with E-state index in [9.17, 15) is 0 Å². The normalized spacial score (nSPS) is 14.0. The van der Waals surface area contributed by atoms with E-state index in [-0.39, 0.29) is 0 Å². The Hall–Kier alpha value is -3.91. The van der Waals surface area contributed by atoms with E-state index in [4.69, 9.17) is 0 Å². The summed E-state index contributed by atoms with van der Waals surface area (Å²) in [5, 5.41) is 3.92. The largest absolute Gasteiger partial charge is 0.284 e. The molecule has 0 unspecified atom stereocenters. The Bertz CT molecular complexity index is 1530. The van der Waals surface area contributed by atoms with Crippen LogP contribution in [0.1, 0.15) is 11.3 Å². The molecule has 0 N–H and O–H groups in total. The molecule has 2 aliphatic rings. The highest BCUT2D eigenvalue weighted by Crippen LogP contribution is 2.46. The van der Waals surface area contributed by atoms with Crippen LogP contribution >= 0.6 is 0 Å². The number of fused-ring (bicyclic) bond motifs is 12. The summed E-state index contributed by atoms with van der Waals surface area (Å²) in [7, 11) is 0. The predicted molar refractivity (Wildman–Crippen MR) is 124 cm³/mol. The van der Waals surface area contributed by atoms with Gasteiger partial charge in [0.25, 0.3) is 0 Å². The maximum absolute atomic E-state index is 2.46. The van der Waals surface area contributed by atoms with Gasteiger partial charge in [-0.25, -0.2) is 0 Å². The Morgan fingerprint density at radius 2 is 1.20 bits per heavy atom. The molecule has 4 aromatic carbocycles. The van der Waals surface area contributed by atoms with Crippen LogP contribution in [0.5, 0.6) is 0 Å². The summed E-state index contributed by atoms with van der Waals surface area (Å²) in [6, 6.07) is 35.1. The highest BCUT2D eigenvalue weighted by molar-refractivity contribution is 6.10. The molecular formula is C28H19N2+. The van der Waals surface area contributed by atoms with Crippen molar-refractivity contribution in [3.63, 3.8) is 0 Å². The molecule has 140 valence electrons. The maximum atomic E-state index is 2.46. The van der Waals surface area contributed by atoms with Crippen molar-refractivity contribution >= 4 is 39.1 Å². The van der Waals surface area contributed by atoms with Crippen LogP contribution in [0.2, 0.25) is 0 Å². The van der Waals surface area contributed by atoms with E-state index in [2.05, 4.69) is 113 Å². The van der Waals surface area contributed by atoms with Gasteiger partial charge < -0.3 is 0 Å². The number of nitrogens with zero attached hydrogens (tertiary/aromatic N) is 2. The molecule has 0 saturated carbocycles. The first-order chi connectivity index (χ1) is 14.9. The topological polar surface area (TPSA) is 7.12 Å². The molecule has 30 heavy (non-hydrogen) atoms. The van der Waals surface area contributed by atoms with Gasteiger partial charge in [-0.3, -0.25) is 4.90 Å². The fourth-order valence-electron chi connectivity index (χ4n) is 5.19. The molecule has 0 atom stereocenters. The van der Waals surface area contributed by atoms with Gasteiger partial charge in [-0.15, -0.1) is 0 Å². The average molecular weight is 383 g/mol. The molecule has 0 saturated heterocycles. The Morgan fingerprint density at radius 3 is 2.07 bits per heavy atom. The van der Waals surface area contributed by atoms with Gasteiger partial charge in [0.1, 0.15) is 0 Å². The molecule has 0 bridgehead atoms. The van der Waals surface area contributed by atoms with E-state index in [1.807, 2.05) is 0 Å². The molecular weight excluding hydrogens is 364 g/mol. The van der Waals surface area contributed by atoms with Crippen LogP contribution in [0.4, 0.5) is 5.69 Å². The number of hydrogen-bond donors (Lipinski definition) is 0. The first-order valence-corrected chi connectivity index (χ1v) is 10.4. The second-order valence-corrected chi connectivity index (χ2v) is 8.04. The lowest BCUT2D eigenvalue weighted by Gasteiger charge is -2.35. The maximum Gasteiger partial charge on any atom is 0.229 e. The van der Waals surface area contributed by atoms with Crippen molar-refractivity contribution in [2.24, 2.45) is 0 Å². The van der Waals surface area contributed by atoms with E-state index in [1.165, 1.54) is 55.4 Å². The minimum absolute atomic E-state index is 0.803. The zero-order valence-electron chi connectivity index (χ0n) is 16.4. The summed E-state index contributed by atoms with van der Waals surface area (Å²) in [6.07, 6.45) is 2.38. The van der Waals surface area contributed by atoms with Crippen molar-refractivity contribution in [3.8, 4) is 11.1 Å². The van der Waals surface area contributed by atoms with Crippen LogP contribution < -0.4 is 9.47 Å². The zero-order chi connectivity index (χ0) is 19.7. The van der Waals surface area contributed by atoms with Crippen molar-refractivity contribution in [2.75, 3.05) is 4.90 Å². The highest BCUT2D eigenvalue weighted by Gasteiger charge is 2.34. The number of anilines is 1. The molecule has 2 heteroatoms. The van der Waals surface area contributed by atoms with E-state index >= 15 is 0 Å². The van der Waals surface area contributed by atoms with Crippen LogP contribution in [-0.2, 0) is 6.67 Å². The predicted octanol–water partition coefficient (Wildman–Crippen LogP) is 6.24. The van der Waals surface area contributed by atoms with E-state index in [0.717, 1.165) is 6.67 Å². The smallest absolute Gasteiger partial charge is 0.229 e. The summed E-state index contributed by atoms with van der Waals surface area (Å²) in [5.41, 5.74) is 9.04. The van der Waals surface area contributed by atoms with Gasteiger partial charge in [0.2, 0.25) is 17.9 Å². The van der Waals surface area contributed by atoms with Crippen LogP contribution in [0.15, 0.2) is 97.1 Å². The lowest BCUT2D eigenvalue weighted by Crippen LogP contribution is -2.49. The van der Waals surface area contributed by atoms with Crippen molar-refractivity contribution in [2.45, 2.75) is 6.67 Å². The number of aromatic nitrogens is 1. The summed E-state index contributed by atoms with van der Waals surface area (Å²) < 4.78 is 2.46. The van der Waals surface area contributed by atoms with Gasteiger partial charge in [0.15, 0.2) is 0 Å². The fourth-order valence-corrected chi connectivity index (χ4v) is 5.19. The molecule has 0 amide bonds. The molecule has 5 aromatic rings. The second kappa shape index (κ2) is 5.80. The summed E-state index contributed by atoms with van der Waals surface area (Å²) in [6.45, 7) is 0.803. The Balaban J connectivity index is 1.63. The molecule has 0 aliphatic carbocycles. The van der Waals surface area contributed by atoms with Crippen molar-refractivity contribution in [1.82, 2.24) is 0 Å². The lowest BCUT2D eigenvalue weighted by molar-refractivity contribution is -0.670. The van der Waals surface area contributed by atoms with Gasteiger partial charge in [-0.1, -0.05) is 72.8 Å². The standard InChI is InChI=1S/C28H19N2/c1-3-13-23-19(9-1)21-11-5-7-15-25(21)29-18-30-26-16-8-6-12-22(26)20-10-2-4-14-24(20)28(30)17-27(23)29/h1-17H,18H2/q+1. The third kappa shape index (κ3) is 2.00. The van der Waals surface area contributed by atoms with Gasteiger partial charge in [0, 0.05) is 28.7 Å². The van der Waals surface area contributed by atoms with Crippen molar-refractivity contribution in [3.05, 3.63) is 108 Å².